The number of primary amides is 1. The summed E-state index contributed by atoms with van der Waals surface area (Å²) in [6.45, 7) is 3.03. The Morgan fingerprint density at radius 3 is 2.30 bits per heavy atom. The summed E-state index contributed by atoms with van der Waals surface area (Å²) in [6, 6.07) is 0. The van der Waals surface area contributed by atoms with Crippen molar-refractivity contribution in [1.82, 2.24) is 4.90 Å². The van der Waals surface area contributed by atoms with Crippen molar-refractivity contribution in [3.8, 4) is 0 Å². The van der Waals surface area contributed by atoms with Gasteiger partial charge in [-0.15, -0.1) is 0 Å². The third kappa shape index (κ3) is 3.30. The minimum Gasteiger partial charge on any atom is -0.381 e. The molecule has 2 fully saturated rings. The smallest absolute Gasteiger partial charge is 0.230 e. The Labute approximate surface area is 119 Å². The van der Waals surface area contributed by atoms with Crippen LogP contribution in [0.25, 0.3) is 0 Å². The van der Waals surface area contributed by atoms with E-state index >= 15 is 0 Å². The molecule has 0 aliphatic carbocycles. The Balaban J connectivity index is 1.92. The molecule has 2 aliphatic rings. The van der Waals surface area contributed by atoms with Gasteiger partial charge in [0.25, 0.3) is 0 Å². The molecule has 6 heteroatoms. The van der Waals surface area contributed by atoms with Gasteiger partial charge in [0.2, 0.25) is 11.8 Å². The van der Waals surface area contributed by atoms with Gasteiger partial charge in [0, 0.05) is 39.3 Å². The van der Waals surface area contributed by atoms with Crippen molar-refractivity contribution in [3.63, 3.8) is 0 Å². The highest BCUT2D eigenvalue weighted by molar-refractivity contribution is 5.83. The van der Waals surface area contributed by atoms with E-state index in [4.69, 9.17) is 16.2 Å². The zero-order chi connectivity index (χ0) is 14.6. The maximum atomic E-state index is 12.7. The van der Waals surface area contributed by atoms with Gasteiger partial charge in [-0.05, 0) is 31.6 Å². The van der Waals surface area contributed by atoms with Crippen molar-refractivity contribution in [2.45, 2.75) is 32.1 Å². The summed E-state index contributed by atoms with van der Waals surface area (Å²) >= 11 is 0. The number of carbonyl (C=O) groups is 2. The molecule has 0 atom stereocenters. The van der Waals surface area contributed by atoms with Gasteiger partial charge in [-0.3, -0.25) is 9.59 Å². The fraction of sp³-hybridized carbons (Fsp3) is 0.857. The molecule has 2 amide bonds. The predicted octanol–water partition coefficient (Wildman–Crippen LogP) is -0.144. The quantitative estimate of drug-likeness (QED) is 0.750. The summed E-state index contributed by atoms with van der Waals surface area (Å²) in [5, 5.41) is 0. The molecule has 0 bridgehead atoms. The first-order valence-corrected chi connectivity index (χ1v) is 7.43. The van der Waals surface area contributed by atoms with Gasteiger partial charge >= 0.3 is 0 Å². The Bertz CT molecular complexity index is 359. The van der Waals surface area contributed by atoms with Crippen molar-refractivity contribution >= 4 is 11.8 Å². The topological polar surface area (TPSA) is 98.7 Å². The summed E-state index contributed by atoms with van der Waals surface area (Å²) in [5.74, 6) is 0.235. The minimum atomic E-state index is -0.436. The van der Waals surface area contributed by atoms with Gasteiger partial charge in [-0.2, -0.15) is 0 Å². The van der Waals surface area contributed by atoms with Crippen LogP contribution in [-0.2, 0) is 14.3 Å². The molecule has 0 aromatic heterocycles. The van der Waals surface area contributed by atoms with Crippen molar-refractivity contribution in [3.05, 3.63) is 0 Å². The van der Waals surface area contributed by atoms with Gasteiger partial charge in [-0.25, -0.2) is 0 Å². The SMILES string of the molecule is NCC1(C(=O)N2CCC(CC(N)=O)CC2)CCOCC1. The highest BCUT2D eigenvalue weighted by Crippen LogP contribution is 2.33. The molecular weight excluding hydrogens is 258 g/mol. The normalized spacial score (nSPS) is 23.6. The Morgan fingerprint density at radius 2 is 1.80 bits per heavy atom. The Hall–Kier alpha value is -1.14. The number of rotatable bonds is 4. The van der Waals surface area contributed by atoms with Crippen LogP contribution in [-0.4, -0.2) is 49.6 Å². The second-order valence-electron chi connectivity index (χ2n) is 6.00. The molecule has 0 aromatic rings. The maximum absolute atomic E-state index is 12.7. The monoisotopic (exact) mass is 283 g/mol. The molecule has 2 rings (SSSR count). The van der Waals surface area contributed by atoms with Crippen LogP contribution in [0, 0.1) is 11.3 Å². The molecule has 20 heavy (non-hydrogen) atoms. The molecular formula is C14H25N3O3. The molecule has 4 N–H and O–H groups in total. The van der Waals surface area contributed by atoms with Crippen LogP contribution in [0.15, 0.2) is 0 Å². The number of likely N-dealkylation sites (tertiary alicyclic amines) is 1. The fourth-order valence-electron chi connectivity index (χ4n) is 3.23. The number of nitrogens with zero attached hydrogens (tertiary/aromatic N) is 1. The lowest BCUT2D eigenvalue weighted by Gasteiger charge is -2.41. The standard InChI is InChI=1S/C14H25N3O3/c15-10-14(3-7-20-8-4-14)13(19)17-5-1-11(2-6-17)9-12(16)18/h11H,1-10,15H2,(H2,16,18). The molecule has 0 radical (unpaired) electrons. The van der Waals surface area contributed by atoms with Crippen LogP contribution in [0.3, 0.4) is 0 Å². The summed E-state index contributed by atoms with van der Waals surface area (Å²) in [7, 11) is 0. The third-order valence-corrected chi connectivity index (χ3v) is 4.69. The largest absolute Gasteiger partial charge is 0.381 e. The van der Waals surface area contributed by atoms with E-state index in [-0.39, 0.29) is 11.8 Å². The first kappa shape index (κ1) is 15.3. The number of piperidine rings is 1. The van der Waals surface area contributed by atoms with Crippen molar-refractivity contribution in [2.24, 2.45) is 22.8 Å². The van der Waals surface area contributed by atoms with Crippen LogP contribution in [0.4, 0.5) is 0 Å². The summed E-state index contributed by atoms with van der Waals surface area (Å²) in [4.78, 5) is 25.6. The van der Waals surface area contributed by atoms with E-state index in [1.54, 1.807) is 0 Å². The average molecular weight is 283 g/mol. The van der Waals surface area contributed by atoms with Gasteiger partial charge < -0.3 is 21.1 Å². The second kappa shape index (κ2) is 6.54. The van der Waals surface area contributed by atoms with Crippen LogP contribution >= 0.6 is 0 Å². The molecule has 114 valence electrons. The molecule has 2 heterocycles. The molecule has 2 saturated heterocycles. The third-order valence-electron chi connectivity index (χ3n) is 4.69. The van der Waals surface area contributed by atoms with E-state index in [1.165, 1.54) is 0 Å². The summed E-state index contributed by atoms with van der Waals surface area (Å²) in [6.07, 6.45) is 3.56. The van der Waals surface area contributed by atoms with Gasteiger partial charge in [0.1, 0.15) is 0 Å². The summed E-state index contributed by atoms with van der Waals surface area (Å²) in [5.41, 5.74) is 10.7. The molecule has 0 unspecified atom stereocenters. The van der Waals surface area contributed by atoms with E-state index in [2.05, 4.69) is 0 Å². The summed E-state index contributed by atoms with van der Waals surface area (Å²) < 4.78 is 5.35. The lowest BCUT2D eigenvalue weighted by atomic mass is 9.78. The van der Waals surface area contributed by atoms with Gasteiger partial charge in [0.05, 0.1) is 5.41 Å². The van der Waals surface area contributed by atoms with E-state index in [1.807, 2.05) is 4.90 Å². The van der Waals surface area contributed by atoms with E-state index in [0.717, 1.165) is 12.8 Å². The number of carbonyl (C=O) groups excluding carboxylic acids is 2. The molecule has 0 aromatic carbocycles. The second-order valence-corrected chi connectivity index (χ2v) is 6.00. The number of nitrogens with two attached hydrogens (primary N) is 2. The van der Waals surface area contributed by atoms with Gasteiger partial charge in [0.15, 0.2) is 0 Å². The van der Waals surface area contributed by atoms with Crippen LogP contribution < -0.4 is 11.5 Å². The minimum absolute atomic E-state index is 0.167. The van der Waals surface area contributed by atoms with E-state index < -0.39 is 5.41 Å². The van der Waals surface area contributed by atoms with Crippen molar-refractivity contribution < 1.29 is 14.3 Å². The van der Waals surface area contributed by atoms with Crippen LogP contribution in [0.5, 0.6) is 0 Å². The van der Waals surface area contributed by atoms with E-state index in [9.17, 15) is 9.59 Å². The highest BCUT2D eigenvalue weighted by atomic mass is 16.5. The zero-order valence-corrected chi connectivity index (χ0v) is 12.0. The van der Waals surface area contributed by atoms with Crippen molar-refractivity contribution in [2.75, 3.05) is 32.8 Å². The average Bonchev–Trinajstić information content (AvgIpc) is 2.47. The van der Waals surface area contributed by atoms with Crippen LogP contribution in [0.2, 0.25) is 0 Å². The fourth-order valence-corrected chi connectivity index (χ4v) is 3.23. The molecule has 6 nitrogen and oxygen atoms in total. The zero-order valence-electron chi connectivity index (χ0n) is 12.0. The predicted molar refractivity (Wildman–Crippen MR) is 74.7 cm³/mol. The van der Waals surface area contributed by atoms with E-state index in [0.29, 0.717) is 58.0 Å². The van der Waals surface area contributed by atoms with Gasteiger partial charge in [-0.1, -0.05) is 0 Å². The number of amides is 2. The lowest BCUT2D eigenvalue weighted by Crippen LogP contribution is -2.52. The lowest BCUT2D eigenvalue weighted by molar-refractivity contribution is -0.148. The van der Waals surface area contributed by atoms with Crippen LogP contribution in [0.1, 0.15) is 32.1 Å². The van der Waals surface area contributed by atoms with Crippen molar-refractivity contribution in [1.29, 1.82) is 0 Å². The first-order chi connectivity index (χ1) is 9.57. The molecule has 2 aliphatic heterocycles. The molecule has 0 spiro atoms. The number of ether oxygens (including phenoxy) is 1. The maximum Gasteiger partial charge on any atom is 0.230 e. The number of hydrogen-bond acceptors (Lipinski definition) is 4. The first-order valence-electron chi connectivity index (χ1n) is 7.43. The Kier molecular flexibility index (Phi) is 4.99. The Morgan fingerprint density at radius 1 is 1.20 bits per heavy atom. The highest BCUT2D eigenvalue weighted by Gasteiger charge is 2.42. The number of hydrogen-bond donors (Lipinski definition) is 2. The molecule has 0 saturated carbocycles.